The average molecular weight is 355 g/mol. The monoisotopic (exact) mass is 355 g/mol. The van der Waals surface area contributed by atoms with Gasteiger partial charge in [-0.15, -0.1) is 0 Å². The first-order valence-corrected chi connectivity index (χ1v) is 8.48. The fraction of sp³-hybridized carbons (Fsp3) is 0.350. The molecule has 0 N–H and O–H groups in total. The lowest BCUT2D eigenvalue weighted by atomic mass is 10.0. The summed E-state index contributed by atoms with van der Waals surface area (Å²) in [6.07, 6.45) is 5.95. The van der Waals surface area contributed by atoms with Crippen molar-refractivity contribution in [3.63, 3.8) is 0 Å². The van der Waals surface area contributed by atoms with E-state index in [2.05, 4.69) is 16.8 Å². The van der Waals surface area contributed by atoms with Crippen LogP contribution < -0.4 is 0 Å². The van der Waals surface area contributed by atoms with Crippen molar-refractivity contribution in [2.45, 2.75) is 39.7 Å². The Kier molecular flexibility index (Phi) is 6.11. The Morgan fingerprint density at radius 3 is 2.68 bits per heavy atom. The summed E-state index contributed by atoms with van der Waals surface area (Å²) in [4.78, 5) is 16.6. The molecule has 1 aliphatic rings. The fourth-order valence-electron chi connectivity index (χ4n) is 2.05. The summed E-state index contributed by atoms with van der Waals surface area (Å²) in [6, 6.07) is 3.35. The first-order chi connectivity index (χ1) is 11.8. The molecule has 1 aliphatic carbocycles. The van der Waals surface area contributed by atoms with E-state index in [1.54, 1.807) is 19.1 Å². The molecule has 0 saturated heterocycles. The lowest BCUT2D eigenvalue weighted by molar-refractivity contribution is 0.0525. The van der Waals surface area contributed by atoms with E-state index < -0.39 is 0 Å². The molecule has 0 aliphatic heterocycles. The molecular weight excluding hydrogens is 334 g/mol. The van der Waals surface area contributed by atoms with Gasteiger partial charge in [0.15, 0.2) is 0 Å². The van der Waals surface area contributed by atoms with Crippen molar-refractivity contribution in [3.05, 3.63) is 53.1 Å². The molecule has 25 heavy (non-hydrogen) atoms. The average Bonchev–Trinajstić information content (AvgIpc) is 2.53. The summed E-state index contributed by atoms with van der Waals surface area (Å²) in [6.45, 7) is 8.03. The van der Waals surface area contributed by atoms with E-state index in [0.717, 1.165) is 10.4 Å². The highest BCUT2D eigenvalue weighted by molar-refractivity contribution is 7.80. The van der Waals surface area contributed by atoms with Gasteiger partial charge in [0.2, 0.25) is 0 Å². The van der Waals surface area contributed by atoms with Gasteiger partial charge in [0.25, 0.3) is 0 Å². The summed E-state index contributed by atoms with van der Waals surface area (Å²) in [5.74, 6) is 6.37. The molecule has 5 heteroatoms. The van der Waals surface area contributed by atoms with Crippen molar-refractivity contribution >= 4 is 23.1 Å². The van der Waals surface area contributed by atoms with Gasteiger partial charge in [-0.3, -0.25) is 0 Å². The largest absolute Gasteiger partial charge is 0.487 e. The van der Waals surface area contributed by atoms with Crippen LogP contribution in [0.4, 0.5) is 0 Å². The van der Waals surface area contributed by atoms with Crippen LogP contribution in [-0.4, -0.2) is 28.0 Å². The number of rotatable bonds is 3. The molecule has 4 nitrogen and oxygen atoms in total. The molecule has 0 radical (unpaired) electrons. The molecule has 2 rings (SSSR count). The number of ether oxygens (including phenoxy) is 2. The van der Waals surface area contributed by atoms with Gasteiger partial charge in [0.05, 0.1) is 17.7 Å². The van der Waals surface area contributed by atoms with E-state index in [1.807, 2.05) is 32.9 Å². The normalized spacial score (nSPS) is 14.0. The highest BCUT2D eigenvalue weighted by Crippen LogP contribution is 2.24. The van der Waals surface area contributed by atoms with Gasteiger partial charge in [-0.25, -0.2) is 9.78 Å². The number of carbonyl (C=O) groups excluding carboxylic acids is 1. The maximum atomic E-state index is 11.6. The van der Waals surface area contributed by atoms with Crippen molar-refractivity contribution in [3.8, 4) is 11.8 Å². The summed E-state index contributed by atoms with van der Waals surface area (Å²) >= 11 is 5.26. The van der Waals surface area contributed by atoms with Crippen LogP contribution in [0.15, 0.2) is 41.8 Å². The third-order valence-electron chi connectivity index (χ3n) is 3.08. The fourth-order valence-corrected chi connectivity index (χ4v) is 2.24. The molecule has 0 fully saturated rings. The second kappa shape index (κ2) is 8.09. The summed E-state index contributed by atoms with van der Waals surface area (Å²) in [7, 11) is 0. The molecule has 1 aromatic heterocycles. The van der Waals surface area contributed by atoms with Crippen LogP contribution in [-0.2, 0) is 9.47 Å². The smallest absolute Gasteiger partial charge is 0.339 e. The molecule has 0 unspecified atom stereocenters. The molecule has 0 spiro atoms. The van der Waals surface area contributed by atoms with Gasteiger partial charge in [-0.2, -0.15) is 0 Å². The number of esters is 1. The number of allylic oxidation sites excluding steroid dienone is 3. The highest BCUT2D eigenvalue weighted by atomic mass is 32.1. The molecule has 130 valence electrons. The number of carbonyl (C=O) groups is 1. The molecular formula is C20H21NO3S. The second-order valence-corrected chi connectivity index (χ2v) is 6.94. The zero-order chi connectivity index (χ0) is 18.4. The summed E-state index contributed by atoms with van der Waals surface area (Å²) < 4.78 is 10.9. The van der Waals surface area contributed by atoms with Crippen LogP contribution in [0.1, 0.15) is 50.2 Å². The Bertz CT molecular complexity index is 787. The van der Waals surface area contributed by atoms with E-state index in [9.17, 15) is 4.79 Å². The Balaban J connectivity index is 2.17. The van der Waals surface area contributed by atoms with Gasteiger partial charge in [0.1, 0.15) is 17.1 Å². The summed E-state index contributed by atoms with van der Waals surface area (Å²) in [5.41, 5.74) is 1.43. The minimum absolute atomic E-state index is 0.333. The first-order valence-electron chi connectivity index (χ1n) is 8.08. The quantitative estimate of drug-likeness (QED) is 0.466. The molecule has 0 saturated carbocycles. The van der Waals surface area contributed by atoms with E-state index >= 15 is 0 Å². The van der Waals surface area contributed by atoms with Crippen LogP contribution in [0.2, 0.25) is 0 Å². The molecule has 1 heterocycles. The predicted molar refractivity (Wildman–Crippen MR) is 101 cm³/mol. The SMILES string of the molecule is CCOC(=O)c1ccc(C#CC2=CCC(=S)C=C2OC(C)(C)C)nc1. The van der Waals surface area contributed by atoms with Gasteiger partial charge >= 0.3 is 5.97 Å². The van der Waals surface area contributed by atoms with Crippen molar-refractivity contribution < 1.29 is 14.3 Å². The zero-order valence-electron chi connectivity index (χ0n) is 14.9. The molecule has 1 aromatic rings. The number of pyridine rings is 1. The Morgan fingerprint density at radius 2 is 2.08 bits per heavy atom. The van der Waals surface area contributed by atoms with Gasteiger partial charge in [0, 0.05) is 17.5 Å². The number of thiocarbonyl (C=S) groups is 1. The van der Waals surface area contributed by atoms with Crippen LogP contribution in [0, 0.1) is 11.8 Å². The van der Waals surface area contributed by atoms with E-state index in [-0.39, 0.29) is 11.6 Å². The lowest BCUT2D eigenvalue weighted by Gasteiger charge is -2.25. The van der Waals surface area contributed by atoms with Crippen molar-refractivity contribution in [2.75, 3.05) is 6.61 Å². The number of hydrogen-bond acceptors (Lipinski definition) is 5. The van der Waals surface area contributed by atoms with Gasteiger partial charge < -0.3 is 9.47 Å². The van der Waals surface area contributed by atoms with E-state index in [0.29, 0.717) is 30.0 Å². The second-order valence-electron chi connectivity index (χ2n) is 6.41. The van der Waals surface area contributed by atoms with E-state index in [4.69, 9.17) is 21.7 Å². The minimum Gasteiger partial charge on any atom is -0.487 e. The van der Waals surface area contributed by atoms with Crippen LogP contribution in [0.5, 0.6) is 0 Å². The Labute approximate surface area is 153 Å². The maximum Gasteiger partial charge on any atom is 0.339 e. The van der Waals surface area contributed by atoms with Crippen LogP contribution in [0.25, 0.3) is 0 Å². The van der Waals surface area contributed by atoms with Crippen molar-refractivity contribution in [1.29, 1.82) is 0 Å². The molecule has 0 atom stereocenters. The summed E-state index contributed by atoms with van der Waals surface area (Å²) in [5, 5.41) is 0. The third kappa shape index (κ3) is 5.84. The van der Waals surface area contributed by atoms with Crippen molar-refractivity contribution in [1.82, 2.24) is 4.98 Å². The molecule has 0 bridgehead atoms. The topological polar surface area (TPSA) is 48.4 Å². The first kappa shape index (κ1) is 18.9. The third-order valence-corrected chi connectivity index (χ3v) is 3.37. The Morgan fingerprint density at radius 1 is 1.32 bits per heavy atom. The van der Waals surface area contributed by atoms with Crippen molar-refractivity contribution in [2.24, 2.45) is 0 Å². The molecule has 0 aromatic carbocycles. The maximum absolute atomic E-state index is 11.6. The standard InChI is InChI=1S/C20H21NO3S/c1-5-23-19(22)15-7-10-16(21-13-15)9-6-14-8-11-17(25)12-18(14)24-20(2,3)4/h7-8,10,12-13H,5,11H2,1-4H3. The number of hydrogen-bond donors (Lipinski definition) is 0. The highest BCUT2D eigenvalue weighted by Gasteiger charge is 2.18. The molecule has 0 amide bonds. The van der Waals surface area contributed by atoms with Gasteiger partial charge in [-0.05, 0) is 51.8 Å². The minimum atomic E-state index is -0.387. The van der Waals surface area contributed by atoms with Crippen LogP contribution >= 0.6 is 12.2 Å². The number of nitrogens with zero attached hydrogens (tertiary/aromatic N) is 1. The number of aromatic nitrogens is 1. The van der Waals surface area contributed by atoms with Gasteiger partial charge in [-0.1, -0.05) is 24.2 Å². The van der Waals surface area contributed by atoms with E-state index in [1.165, 1.54) is 6.20 Å². The lowest BCUT2D eigenvalue weighted by Crippen LogP contribution is -2.20. The Hall–Kier alpha value is -2.45. The van der Waals surface area contributed by atoms with Crippen LogP contribution in [0.3, 0.4) is 0 Å². The predicted octanol–water partition coefficient (Wildman–Crippen LogP) is 4.01. The zero-order valence-corrected chi connectivity index (χ0v) is 15.7.